The lowest BCUT2D eigenvalue weighted by molar-refractivity contribution is -0.147. The maximum absolute atomic E-state index is 13.1. The number of aromatic nitrogens is 1. The van der Waals surface area contributed by atoms with Gasteiger partial charge in [-0.3, -0.25) is 9.69 Å². The topological polar surface area (TPSA) is 68.7 Å². The molecule has 0 bridgehead atoms. The predicted octanol–water partition coefficient (Wildman–Crippen LogP) is 5.32. The summed E-state index contributed by atoms with van der Waals surface area (Å²) in [5, 5.41) is 2.92. The highest BCUT2D eigenvalue weighted by Crippen LogP contribution is 2.40. The zero-order valence-corrected chi connectivity index (χ0v) is 19.2. The van der Waals surface area contributed by atoms with Crippen LogP contribution in [0.1, 0.15) is 33.6 Å². The number of fused-ring (bicyclic) bond motifs is 1. The van der Waals surface area contributed by atoms with Crippen LogP contribution >= 0.6 is 11.3 Å². The van der Waals surface area contributed by atoms with Gasteiger partial charge in [-0.15, -0.1) is 11.3 Å². The van der Waals surface area contributed by atoms with Gasteiger partial charge in [-0.2, -0.15) is 0 Å². The third-order valence-corrected chi connectivity index (χ3v) is 6.24. The molecule has 0 N–H and O–H groups in total. The minimum atomic E-state index is -0.704. The average molecular weight is 451 g/mol. The molecule has 7 heteroatoms. The highest BCUT2D eigenvalue weighted by molar-refractivity contribution is 7.13. The van der Waals surface area contributed by atoms with Gasteiger partial charge in [0.05, 0.1) is 18.0 Å². The molecular formula is C25H26N2O4S. The second kappa shape index (κ2) is 9.53. The molecule has 4 rings (SSSR count). The van der Waals surface area contributed by atoms with Crippen molar-refractivity contribution >= 4 is 28.9 Å². The number of amides is 1. The van der Waals surface area contributed by atoms with Crippen molar-refractivity contribution in [3.63, 3.8) is 0 Å². The van der Waals surface area contributed by atoms with Crippen molar-refractivity contribution in [3.8, 4) is 27.6 Å². The Labute approximate surface area is 191 Å². The Bertz CT molecular complexity index is 1110. The second-order valence-corrected chi connectivity index (χ2v) is 8.50. The van der Waals surface area contributed by atoms with Crippen molar-refractivity contribution in [1.82, 2.24) is 4.98 Å². The third-order valence-electron chi connectivity index (χ3n) is 5.35. The minimum Gasteiger partial charge on any atom is -0.479 e. The molecule has 1 amide bonds. The molecule has 0 fully saturated rings. The number of anilines is 1. The first-order chi connectivity index (χ1) is 15.5. The fourth-order valence-electron chi connectivity index (χ4n) is 3.71. The highest BCUT2D eigenvalue weighted by atomic mass is 32.1. The van der Waals surface area contributed by atoms with Crippen molar-refractivity contribution in [2.24, 2.45) is 0 Å². The molecule has 0 spiro atoms. The summed E-state index contributed by atoms with van der Waals surface area (Å²) >= 11 is 1.56. The summed E-state index contributed by atoms with van der Waals surface area (Å²) in [6.07, 6.45) is 0.494. The van der Waals surface area contributed by atoms with E-state index in [1.807, 2.05) is 67.8 Å². The van der Waals surface area contributed by atoms with Gasteiger partial charge in [-0.25, -0.2) is 9.78 Å². The van der Waals surface area contributed by atoms with E-state index in [1.54, 1.807) is 18.3 Å². The molecule has 0 saturated heterocycles. The molecule has 0 radical (unpaired) electrons. The smallest absolute Gasteiger partial charge is 0.329 e. The minimum absolute atomic E-state index is 0.252. The van der Waals surface area contributed by atoms with Crippen molar-refractivity contribution < 1.29 is 19.1 Å². The highest BCUT2D eigenvalue weighted by Gasteiger charge is 2.39. The Morgan fingerprint density at radius 2 is 1.97 bits per heavy atom. The number of hydrogen-bond donors (Lipinski definition) is 0. The van der Waals surface area contributed by atoms with Crippen LogP contribution in [0.3, 0.4) is 0 Å². The standard InChI is InChI=1S/C25H26N2O4S/c1-4-13-30-25(29)20(5-2)27-21-14-18(11-12-22(21)31-16(3)24(27)28)19-15-32-23(26-19)17-9-7-6-8-10-17/h6-12,14-16,20H,4-5,13H2,1-3H3. The van der Waals surface area contributed by atoms with Crippen LogP contribution in [0, 0.1) is 0 Å². The maximum atomic E-state index is 13.1. The summed E-state index contributed by atoms with van der Waals surface area (Å²) in [6, 6.07) is 14.9. The second-order valence-electron chi connectivity index (χ2n) is 7.65. The van der Waals surface area contributed by atoms with Gasteiger partial charge in [0.1, 0.15) is 16.8 Å². The van der Waals surface area contributed by atoms with Crippen LogP contribution in [0.4, 0.5) is 5.69 Å². The van der Waals surface area contributed by atoms with Crippen LogP contribution in [0.15, 0.2) is 53.9 Å². The first-order valence-corrected chi connectivity index (χ1v) is 11.7. The van der Waals surface area contributed by atoms with Crippen LogP contribution in [0.25, 0.3) is 21.8 Å². The molecule has 0 aliphatic carbocycles. The predicted molar refractivity (Wildman–Crippen MR) is 126 cm³/mol. The van der Waals surface area contributed by atoms with E-state index in [4.69, 9.17) is 14.5 Å². The van der Waals surface area contributed by atoms with E-state index < -0.39 is 18.1 Å². The van der Waals surface area contributed by atoms with E-state index in [1.165, 1.54) is 4.90 Å². The van der Waals surface area contributed by atoms with Gasteiger partial charge in [0.25, 0.3) is 5.91 Å². The molecule has 1 aliphatic heterocycles. The molecule has 0 saturated carbocycles. The average Bonchev–Trinajstić information content (AvgIpc) is 3.31. The summed E-state index contributed by atoms with van der Waals surface area (Å²) in [6.45, 7) is 5.84. The maximum Gasteiger partial charge on any atom is 0.329 e. The molecular weight excluding hydrogens is 424 g/mol. The first kappa shape index (κ1) is 22.0. The van der Waals surface area contributed by atoms with Crippen LogP contribution in [-0.2, 0) is 14.3 Å². The number of nitrogens with zero attached hydrogens (tertiary/aromatic N) is 2. The Morgan fingerprint density at radius 3 is 2.69 bits per heavy atom. The molecule has 2 heterocycles. The van der Waals surface area contributed by atoms with Crippen LogP contribution in [0.2, 0.25) is 0 Å². The molecule has 1 aromatic heterocycles. The normalized spacial score (nSPS) is 16.3. The molecule has 2 unspecified atom stereocenters. The molecule has 6 nitrogen and oxygen atoms in total. The number of esters is 1. The summed E-state index contributed by atoms with van der Waals surface area (Å²) in [5.41, 5.74) is 3.29. The molecule has 2 atom stereocenters. The Kier molecular flexibility index (Phi) is 6.55. The fourth-order valence-corrected chi connectivity index (χ4v) is 4.55. The Morgan fingerprint density at radius 1 is 1.19 bits per heavy atom. The fraction of sp³-hybridized carbons (Fsp3) is 0.320. The Hall–Kier alpha value is -3.19. The number of carbonyl (C=O) groups excluding carboxylic acids is 2. The molecule has 166 valence electrons. The number of carbonyl (C=O) groups is 2. The van der Waals surface area contributed by atoms with Crippen LogP contribution in [-0.4, -0.2) is 35.6 Å². The SMILES string of the molecule is CCCOC(=O)C(CC)N1C(=O)C(C)Oc2ccc(-c3csc(-c4ccccc4)n3)cc21. The number of benzene rings is 2. The van der Waals surface area contributed by atoms with E-state index in [0.717, 1.165) is 28.2 Å². The van der Waals surface area contributed by atoms with Crippen molar-refractivity contribution in [3.05, 3.63) is 53.9 Å². The third kappa shape index (κ3) is 4.25. The summed E-state index contributed by atoms with van der Waals surface area (Å²) < 4.78 is 11.2. The number of rotatable bonds is 7. The van der Waals surface area contributed by atoms with Crippen molar-refractivity contribution in [2.75, 3.05) is 11.5 Å². The number of thiazole rings is 1. The van der Waals surface area contributed by atoms with Gasteiger partial charge < -0.3 is 9.47 Å². The van der Waals surface area contributed by atoms with Crippen LogP contribution < -0.4 is 9.64 Å². The molecule has 3 aromatic rings. The van der Waals surface area contributed by atoms with Gasteiger partial charge in [-0.05, 0) is 38.0 Å². The molecule has 2 aromatic carbocycles. The van der Waals surface area contributed by atoms with E-state index in [9.17, 15) is 9.59 Å². The number of hydrogen-bond acceptors (Lipinski definition) is 6. The van der Waals surface area contributed by atoms with Gasteiger partial charge in [0, 0.05) is 16.5 Å². The largest absolute Gasteiger partial charge is 0.479 e. The van der Waals surface area contributed by atoms with E-state index in [-0.39, 0.29) is 5.91 Å². The quantitative estimate of drug-likeness (QED) is 0.456. The monoisotopic (exact) mass is 450 g/mol. The van der Waals surface area contributed by atoms with Gasteiger partial charge >= 0.3 is 5.97 Å². The van der Waals surface area contributed by atoms with Crippen molar-refractivity contribution in [1.29, 1.82) is 0 Å². The van der Waals surface area contributed by atoms with Crippen LogP contribution in [0.5, 0.6) is 5.75 Å². The lowest BCUT2D eigenvalue weighted by atomic mass is 10.0. The Balaban J connectivity index is 1.71. The zero-order chi connectivity index (χ0) is 22.7. The van der Waals surface area contributed by atoms with Gasteiger partial charge in [0.15, 0.2) is 6.10 Å². The molecule has 1 aliphatic rings. The summed E-state index contributed by atoms with van der Waals surface area (Å²) in [5.74, 6) is -0.0764. The first-order valence-electron chi connectivity index (χ1n) is 10.8. The lowest BCUT2D eigenvalue weighted by Crippen LogP contribution is -2.53. The van der Waals surface area contributed by atoms with E-state index in [0.29, 0.717) is 24.5 Å². The van der Waals surface area contributed by atoms with Gasteiger partial charge in [-0.1, -0.05) is 44.2 Å². The summed E-state index contributed by atoms with van der Waals surface area (Å²) in [4.78, 5) is 32.1. The summed E-state index contributed by atoms with van der Waals surface area (Å²) in [7, 11) is 0. The zero-order valence-electron chi connectivity index (χ0n) is 18.4. The number of ether oxygens (including phenoxy) is 2. The van der Waals surface area contributed by atoms with Crippen molar-refractivity contribution in [2.45, 2.75) is 45.8 Å². The van der Waals surface area contributed by atoms with Gasteiger partial charge in [0.2, 0.25) is 0 Å². The lowest BCUT2D eigenvalue weighted by Gasteiger charge is -2.37. The van der Waals surface area contributed by atoms with E-state index in [2.05, 4.69) is 0 Å². The molecule has 32 heavy (non-hydrogen) atoms. The van der Waals surface area contributed by atoms with E-state index >= 15 is 0 Å².